The predicted molar refractivity (Wildman–Crippen MR) is 114 cm³/mol. The molecule has 1 aromatic heterocycles. The summed E-state index contributed by atoms with van der Waals surface area (Å²) < 4.78 is 20.2. The van der Waals surface area contributed by atoms with Gasteiger partial charge in [0.15, 0.2) is 0 Å². The summed E-state index contributed by atoms with van der Waals surface area (Å²) in [6, 6.07) is 13.3. The molecule has 6 heteroatoms. The summed E-state index contributed by atoms with van der Waals surface area (Å²) in [5.41, 5.74) is 4.54. The van der Waals surface area contributed by atoms with Crippen LogP contribution in [-0.2, 0) is 0 Å². The lowest BCUT2D eigenvalue weighted by molar-refractivity contribution is 0.0944. The third kappa shape index (κ3) is 3.85. The van der Waals surface area contributed by atoms with Crippen molar-refractivity contribution in [1.82, 2.24) is 15.1 Å². The van der Waals surface area contributed by atoms with Crippen molar-refractivity contribution in [2.45, 2.75) is 32.2 Å². The van der Waals surface area contributed by atoms with Gasteiger partial charge in [-0.2, -0.15) is 5.10 Å². The van der Waals surface area contributed by atoms with Gasteiger partial charge in [0.05, 0.1) is 18.5 Å². The molecule has 0 unspecified atom stereocenters. The first kappa shape index (κ1) is 19.9. The van der Waals surface area contributed by atoms with E-state index in [4.69, 9.17) is 4.74 Å². The van der Waals surface area contributed by atoms with E-state index >= 15 is 0 Å². The van der Waals surface area contributed by atoms with Crippen molar-refractivity contribution in [1.29, 1.82) is 0 Å². The third-order valence-electron chi connectivity index (χ3n) is 5.54. The number of amides is 1. The molecule has 0 fully saturated rings. The Hall–Kier alpha value is -3.41. The van der Waals surface area contributed by atoms with E-state index in [0.717, 1.165) is 34.8 Å². The number of rotatable bonds is 5. The molecule has 1 aliphatic rings. The number of carbonyl (C=O) groups excluding carboxylic acids is 1. The molecule has 2 aromatic carbocycles. The van der Waals surface area contributed by atoms with Gasteiger partial charge in [0, 0.05) is 28.8 Å². The Balaban J connectivity index is 1.47. The number of allylic oxidation sites excluding steroid dienone is 1. The molecule has 0 radical (unpaired) electrons. The van der Waals surface area contributed by atoms with Gasteiger partial charge in [0.2, 0.25) is 0 Å². The predicted octanol–water partition coefficient (Wildman–Crippen LogP) is 4.48. The van der Waals surface area contributed by atoms with E-state index in [-0.39, 0.29) is 23.7 Å². The van der Waals surface area contributed by atoms with E-state index in [1.54, 1.807) is 43.5 Å². The number of hydrogen-bond donors (Lipinski definition) is 1. The summed E-state index contributed by atoms with van der Waals surface area (Å²) in [6.07, 6.45) is 4.95. The number of nitrogens with zero attached hydrogens (tertiary/aromatic N) is 2. The van der Waals surface area contributed by atoms with Crippen molar-refractivity contribution in [2.75, 3.05) is 7.11 Å². The smallest absolute Gasteiger partial charge is 0.251 e. The van der Waals surface area contributed by atoms with Gasteiger partial charge in [-0.05, 0) is 68.8 Å². The monoisotopic (exact) mass is 405 g/mol. The highest BCUT2D eigenvalue weighted by Crippen LogP contribution is 2.34. The summed E-state index contributed by atoms with van der Waals surface area (Å²) in [6.45, 7) is 4.01. The Morgan fingerprint density at radius 1 is 1.10 bits per heavy atom. The van der Waals surface area contributed by atoms with Crippen molar-refractivity contribution in [2.24, 2.45) is 0 Å². The molecule has 1 amide bonds. The number of halogens is 1. The summed E-state index contributed by atoms with van der Waals surface area (Å²) in [5.74, 6) is 0.509. The van der Waals surface area contributed by atoms with Gasteiger partial charge in [0.25, 0.3) is 5.91 Å². The topological polar surface area (TPSA) is 56.1 Å². The Morgan fingerprint density at radius 2 is 1.80 bits per heavy atom. The molecule has 0 spiro atoms. The minimum atomic E-state index is -0.269. The van der Waals surface area contributed by atoms with Gasteiger partial charge >= 0.3 is 0 Å². The number of ether oxygens (including phenoxy) is 1. The lowest BCUT2D eigenvalue weighted by Gasteiger charge is -2.15. The molecule has 0 bridgehead atoms. The van der Waals surface area contributed by atoms with Crippen LogP contribution in [0.4, 0.5) is 4.39 Å². The first-order chi connectivity index (χ1) is 14.5. The van der Waals surface area contributed by atoms with Crippen LogP contribution in [0.25, 0.3) is 5.69 Å². The number of methoxy groups -OCH3 is 1. The van der Waals surface area contributed by atoms with Crippen LogP contribution < -0.4 is 10.1 Å². The summed E-state index contributed by atoms with van der Waals surface area (Å²) in [4.78, 5) is 12.6. The molecule has 3 aromatic rings. The number of carbonyl (C=O) groups is 1. The zero-order valence-electron chi connectivity index (χ0n) is 17.2. The lowest BCUT2D eigenvalue weighted by Crippen LogP contribution is -2.32. The minimum Gasteiger partial charge on any atom is -0.497 e. The second-order valence-electron chi connectivity index (χ2n) is 7.51. The van der Waals surface area contributed by atoms with E-state index < -0.39 is 0 Å². The van der Waals surface area contributed by atoms with E-state index in [1.165, 1.54) is 12.1 Å². The van der Waals surface area contributed by atoms with E-state index in [2.05, 4.69) is 16.5 Å². The molecule has 0 aliphatic heterocycles. The summed E-state index contributed by atoms with van der Waals surface area (Å²) in [5, 5.41) is 7.75. The van der Waals surface area contributed by atoms with E-state index in [9.17, 15) is 9.18 Å². The summed E-state index contributed by atoms with van der Waals surface area (Å²) >= 11 is 0. The highest BCUT2D eigenvalue weighted by atomic mass is 19.1. The number of nitrogens with one attached hydrogen (secondary N) is 1. The van der Waals surface area contributed by atoms with Gasteiger partial charge in [-0.15, -0.1) is 0 Å². The Morgan fingerprint density at radius 3 is 2.47 bits per heavy atom. The van der Waals surface area contributed by atoms with Crippen LogP contribution in [0.2, 0.25) is 0 Å². The second-order valence-corrected chi connectivity index (χ2v) is 7.51. The molecular formula is C24H24FN3O2. The lowest BCUT2D eigenvalue weighted by atomic mass is 9.96. The molecule has 1 heterocycles. The second kappa shape index (κ2) is 8.14. The maximum Gasteiger partial charge on any atom is 0.251 e. The number of aromatic nitrogens is 2. The van der Waals surface area contributed by atoms with Crippen molar-refractivity contribution in [3.8, 4) is 11.4 Å². The van der Waals surface area contributed by atoms with Gasteiger partial charge in [0.1, 0.15) is 11.6 Å². The minimum absolute atomic E-state index is 0.0439. The number of aryl methyl sites for hydroxylation is 1. The van der Waals surface area contributed by atoms with Gasteiger partial charge in [-0.25, -0.2) is 9.07 Å². The first-order valence-corrected chi connectivity index (χ1v) is 9.91. The van der Waals surface area contributed by atoms with Crippen LogP contribution in [0.15, 0.2) is 60.7 Å². The van der Waals surface area contributed by atoms with Crippen molar-refractivity contribution < 1.29 is 13.9 Å². The van der Waals surface area contributed by atoms with Crippen molar-refractivity contribution in [3.05, 3.63) is 89.0 Å². The fraction of sp³-hybridized carbons (Fsp3) is 0.250. The molecule has 30 heavy (non-hydrogen) atoms. The molecule has 154 valence electrons. The number of hydrogen-bond acceptors (Lipinski definition) is 3. The fourth-order valence-corrected chi connectivity index (χ4v) is 4.04. The van der Waals surface area contributed by atoms with Crippen LogP contribution in [0.5, 0.6) is 5.75 Å². The van der Waals surface area contributed by atoms with E-state index in [1.807, 2.05) is 24.6 Å². The molecule has 0 saturated heterocycles. The van der Waals surface area contributed by atoms with Gasteiger partial charge in [-0.3, -0.25) is 4.79 Å². The average molecular weight is 405 g/mol. The Labute approximate surface area is 175 Å². The van der Waals surface area contributed by atoms with Crippen LogP contribution in [-0.4, -0.2) is 28.8 Å². The van der Waals surface area contributed by atoms with E-state index in [0.29, 0.717) is 5.56 Å². The van der Waals surface area contributed by atoms with Crippen LogP contribution in [0.3, 0.4) is 0 Å². The maximum atomic E-state index is 13.3. The third-order valence-corrected chi connectivity index (χ3v) is 5.54. The quantitative estimate of drug-likeness (QED) is 0.637. The SMILES string of the molecule is COc1ccc(C(=O)N[C@@H]2C=C[C@@H](c3c(C)nn(-c4ccc(F)cc4)c3C)C2)cc1. The van der Waals surface area contributed by atoms with Gasteiger partial charge in [-0.1, -0.05) is 12.2 Å². The summed E-state index contributed by atoms with van der Waals surface area (Å²) in [7, 11) is 1.60. The largest absolute Gasteiger partial charge is 0.497 e. The maximum absolute atomic E-state index is 13.3. The van der Waals surface area contributed by atoms with Crippen LogP contribution in [0.1, 0.15) is 39.6 Å². The zero-order valence-corrected chi connectivity index (χ0v) is 17.2. The van der Waals surface area contributed by atoms with Crippen molar-refractivity contribution in [3.63, 3.8) is 0 Å². The van der Waals surface area contributed by atoms with Crippen molar-refractivity contribution >= 4 is 5.91 Å². The molecule has 2 atom stereocenters. The Bertz CT molecular complexity index is 1080. The highest BCUT2D eigenvalue weighted by molar-refractivity contribution is 5.94. The molecule has 1 N–H and O–H groups in total. The normalized spacial score (nSPS) is 17.9. The molecular weight excluding hydrogens is 381 g/mol. The Kier molecular flexibility index (Phi) is 5.40. The van der Waals surface area contributed by atoms with Crippen LogP contribution in [0, 0.1) is 19.7 Å². The average Bonchev–Trinajstić information content (AvgIpc) is 3.32. The standard InChI is InChI=1S/C24H24FN3O2/c1-15-23(16(2)28(27-15)21-10-7-19(25)8-11-21)18-4-9-20(14-18)26-24(29)17-5-12-22(30-3)13-6-17/h4-13,18,20H,14H2,1-3H3,(H,26,29)/t18-,20-/m1/s1. The zero-order chi connectivity index (χ0) is 21.3. The molecule has 4 rings (SSSR count). The van der Waals surface area contributed by atoms with Crippen LogP contribution >= 0.6 is 0 Å². The number of benzene rings is 2. The van der Waals surface area contributed by atoms with Gasteiger partial charge < -0.3 is 10.1 Å². The molecule has 0 saturated carbocycles. The fourth-order valence-electron chi connectivity index (χ4n) is 4.04. The highest BCUT2D eigenvalue weighted by Gasteiger charge is 2.27. The molecule has 1 aliphatic carbocycles. The molecule has 5 nitrogen and oxygen atoms in total. The first-order valence-electron chi connectivity index (χ1n) is 9.91.